The summed E-state index contributed by atoms with van der Waals surface area (Å²) in [5, 5.41) is 67.3. The van der Waals surface area contributed by atoms with Crippen molar-refractivity contribution in [2.24, 2.45) is 0 Å². The summed E-state index contributed by atoms with van der Waals surface area (Å²) in [4.78, 5) is 31.7. The summed E-state index contributed by atoms with van der Waals surface area (Å²) < 4.78 is 25.2. The Morgan fingerprint density at radius 1 is 0.820 bits per heavy atom. The van der Waals surface area contributed by atoms with Crippen LogP contribution in [0.5, 0.6) is 17.2 Å². The summed E-state index contributed by atoms with van der Waals surface area (Å²) in [6, 6.07) is 2.94. The van der Waals surface area contributed by atoms with E-state index >= 15 is 0 Å². The number of carbonyl (C=O) groups excluding carboxylic acids is 2. The highest BCUT2D eigenvalue weighted by molar-refractivity contribution is 6.31. The lowest BCUT2D eigenvalue weighted by molar-refractivity contribution is -0.289. The molecule has 50 heavy (non-hydrogen) atoms. The molecule has 6 N–H and O–H groups in total. The molecule has 0 spiro atoms. The predicted octanol–water partition coefficient (Wildman–Crippen LogP) is 2.09. The number of fused-ring (bicyclic) bond motifs is 3. The van der Waals surface area contributed by atoms with E-state index in [4.69, 9.17) is 18.9 Å². The van der Waals surface area contributed by atoms with Crippen LogP contribution in [-0.4, -0.2) is 135 Å². The molecule has 2 saturated heterocycles. The van der Waals surface area contributed by atoms with Crippen LogP contribution in [0.2, 0.25) is 0 Å². The van der Waals surface area contributed by atoms with Crippen LogP contribution in [0.4, 0.5) is 0 Å². The molecule has 11 atom stereocenters. The number of rotatable bonds is 7. The Morgan fingerprint density at radius 3 is 1.82 bits per heavy atom. The van der Waals surface area contributed by atoms with Crippen LogP contribution >= 0.6 is 0 Å². The average Bonchev–Trinajstić information content (AvgIpc) is 3.05. The molecule has 2 aromatic carbocycles. The van der Waals surface area contributed by atoms with Crippen molar-refractivity contribution in [1.29, 1.82) is 0 Å². The van der Waals surface area contributed by atoms with Crippen LogP contribution in [0.15, 0.2) is 18.2 Å². The van der Waals surface area contributed by atoms with Crippen LogP contribution in [-0.2, 0) is 18.9 Å². The fraction of sp³-hybridized carbons (Fsp3) is 0.611. The minimum Gasteiger partial charge on any atom is -0.507 e. The molecule has 2 aromatic rings. The number of phenolic OH excluding ortho intramolecular Hbond substituents is 3. The Hall–Kier alpha value is -3.18. The highest BCUT2D eigenvalue weighted by atomic mass is 16.7. The van der Waals surface area contributed by atoms with E-state index in [1.54, 1.807) is 20.8 Å². The van der Waals surface area contributed by atoms with Crippen molar-refractivity contribution >= 4 is 11.6 Å². The summed E-state index contributed by atoms with van der Waals surface area (Å²) in [5.41, 5.74) is -2.91. The van der Waals surface area contributed by atoms with E-state index in [1.807, 2.05) is 38.0 Å². The van der Waals surface area contributed by atoms with Crippen LogP contribution in [0, 0.1) is 0 Å². The van der Waals surface area contributed by atoms with E-state index in [9.17, 15) is 40.2 Å². The minimum absolute atomic E-state index is 0.00502. The van der Waals surface area contributed by atoms with Gasteiger partial charge in [-0.15, -0.1) is 0 Å². The summed E-state index contributed by atoms with van der Waals surface area (Å²) >= 11 is 0. The zero-order chi connectivity index (χ0) is 36.6. The summed E-state index contributed by atoms with van der Waals surface area (Å²) in [6.45, 7) is 5.18. The topological polar surface area (TPSA) is 199 Å². The Bertz CT molecular complexity index is 1660. The number of hydrogen-bond acceptors (Lipinski definition) is 14. The van der Waals surface area contributed by atoms with Gasteiger partial charge in [0.25, 0.3) is 0 Å². The molecular weight excluding hydrogens is 652 g/mol. The summed E-state index contributed by atoms with van der Waals surface area (Å²) in [7, 11) is 7.32. The van der Waals surface area contributed by atoms with E-state index in [0.29, 0.717) is 0 Å². The standard InChI is InChI=1S/C36H48N2O12/c1-8-36(46)14-23(49-24-12-19(37(4)5)30(41)15(2)47-24)17-11-18-26(34(45)29-22(40)10-9-21(39)28(29)32(18)43)33(44)27(17)35(36)50-25-13-20(38(6)7)31(42)16(3)48-25/h9-11,15-16,19-20,23-25,30-31,35,39-42,44,46H,8,12-14H2,1-7H3/t15-,16+,19-,20+,23-,24-,25-,30-,31+,35+,36+/m0/s1. The number of aromatic hydroxyl groups is 3. The smallest absolute Gasteiger partial charge is 0.202 e. The number of ether oxygens (including phenoxy) is 4. The first kappa shape index (κ1) is 36.6. The molecule has 0 radical (unpaired) electrons. The highest BCUT2D eigenvalue weighted by Gasteiger charge is 2.53. The van der Waals surface area contributed by atoms with Crippen molar-refractivity contribution in [2.45, 2.75) is 113 Å². The molecule has 2 aliphatic carbocycles. The third kappa shape index (κ3) is 5.99. The van der Waals surface area contributed by atoms with Crippen molar-refractivity contribution in [1.82, 2.24) is 9.80 Å². The number of hydrogen-bond donors (Lipinski definition) is 6. The molecule has 0 amide bonds. The van der Waals surface area contributed by atoms with Gasteiger partial charge < -0.3 is 59.4 Å². The molecule has 14 nitrogen and oxygen atoms in total. The van der Waals surface area contributed by atoms with Gasteiger partial charge in [0.15, 0.2) is 18.4 Å². The van der Waals surface area contributed by atoms with Crippen LogP contribution in [0.1, 0.15) is 102 Å². The van der Waals surface area contributed by atoms with Gasteiger partial charge in [-0.25, -0.2) is 0 Å². The second-order valence-electron chi connectivity index (χ2n) is 14.5. The molecule has 0 bridgehead atoms. The lowest BCUT2D eigenvalue weighted by Gasteiger charge is -2.48. The van der Waals surface area contributed by atoms with Crippen molar-refractivity contribution in [3.63, 3.8) is 0 Å². The fourth-order valence-corrected chi connectivity index (χ4v) is 8.00. The Kier molecular flexibility index (Phi) is 9.82. The first-order valence-electron chi connectivity index (χ1n) is 17.1. The zero-order valence-corrected chi connectivity index (χ0v) is 29.4. The van der Waals surface area contributed by atoms with Gasteiger partial charge in [0, 0.05) is 42.5 Å². The Balaban J connectivity index is 1.50. The van der Waals surface area contributed by atoms with Crippen LogP contribution in [0.25, 0.3) is 0 Å². The first-order valence-corrected chi connectivity index (χ1v) is 17.1. The fourth-order valence-electron chi connectivity index (χ4n) is 8.00. The monoisotopic (exact) mass is 700 g/mol. The number of phenols is 3. The normalized spacial score (nSPS) is 35.6. The third-order valence-electron chi connectivity index (χ3n) is 11.0. The Morgan fingerprint density at radius 2 is 1.32 bits per heavy atom. The van der Waals surface area contributed by atoms with E-state index in [-0.39, 0.29) is 54.5 Å². The predicted molar refractivity (Wildman–Crippen MR) is 177 cm³/mol. The highest BCUT2D eigenvalue weighted by Crippen LogP contribution is 2.55. The van der Waals surface area contributed by atoms with Gasteiger partial charge in [-0.2, -0.15) is 0 Å². The largest absolute Gasteiger partial charge is 0.507 e. The number of nitrogens with zero attached hydrogens (tertiary/aromatic N) is 2. The molecule has 0 aromatic heterocycles. The van der Waals surface area contributed by atoms with Gasteiger partial charge in [-0.1, -0.05) is 6.92 Å². The quantitative estimate of drug-likeness (QED) is 0.196. The number of aliphatic hydroxyl groups is 3. The van der Waals surface area contributed by atoms with E-state index < -0.39 is 100 Å². The summed E-state index contributed by atoms with van der Waals surface area (Å²) in [6.07, 6.45) is -6.42. The number of aliphatic hydroxyl groups excluding tert-OH is 2. The third-order valence-corrected chi connectivity index (χ3v) is 11.0. The molecule has 14 heteroatoms. The number of carbonyl (C=O) groups is 2. The summed E-state index contributed by atoms with van der Waals surface area (Å²) in [5.74, 6) is -3.37. The lowest BCUT2D eigenvalue weighted by Crippen LogP contribution is -2.55. The average molecular weight is 701 g/mol. The lowest BCUT2D eigenvalue weighted by atomic mass is 9.71. The second-order valence-corrected chi connectivity index (χ2v) is 14.5. The molecule has 0 saturated carbocycles. The van der Waals surface area contributed by atoms with Gasteiger partial charge in [-0.05, 0) is 72.2 Å². The number of benzene rings is 2. The molecule has 274 valence electrons. The number of likely N-dealkylation sites (N-methyl/N-ethyl adjacent to an activating group) is 2. The van der Waals surface area contributed by atoms with Gasteiger partial charge in [0.1, 0.15) is 23.4 Å². The molecule has 2 fully saturated rings. The minimum atomic E-state index is -1.71. The molecule has 2 heterocycles. The second kappa shape index (κ2) is 13.4. The van der Waals surface area contributed by atoms with Crippen molar-refractivity contribution in [3.8, 4) is 17.2 Å². The van der Waals surface area contributed by atoms with Crippen molar-refractivity contribution in [3.05, 3.63) is 51.6 Å². The van der Waals surface area contributed by atoms with Gasteiger partial charge in [-0.3, -0.25) is 9.59 Å². The van der Waals surface area contributed by atoms with Crippen LogP contribution < -0.4 is 0 Å². The van der Waals surface area contributed by atoms with Crippen molar-refractivity contribution in [2.75, 3.05) is 28.2 Å². The molecule has 4 aliphatic rings. The zero-order valence-electron chi connectivity index (χ0n) is 29.4. The van der Waals surface area contributed by atoms with Gasteiger partial charge in [0.05, 0.1) is 52.8 Å². The van der Waals surface area contributed by atoms with E-state index in [1.165, 1.54) is 6.07 Å². The molecule has 0 unspecified atom stereocenters. The van der Waals surface area contributed by atoms with Crippen molar-refractivity contribution < 1.29 is 59.2 Å². The maximum Gasteiger partial charge on any atom is 0.202 e. The van der Waals surface area contributed by atoms with Gasteiger partial charge in [0.2, 0.25) is 5.78 Å². The first-order chi connectivity index (χ1) is 23.5. The van der Waals surface area contributed by atoms with E-state index in [2.05, 4.69) is 0 Å². The number of ketones is 2. The maximum atomic E-state index is 14.0. The van der Waals surface area contributed by atoms with E-state index in [0.717, 1.165) is 12.1 Å². The molecular formula is C36H48N2O12. The Labute approximate surface area is 290 Å². The van der Waals surface area contributed by atoms with Crippen LogP contribution in [0.3, 0.4) is 0 Å². The molecule has 2 aliphatic heterocycles. The maximum absolute atomic E-state index is 14.0. The SMILES string of the molecule is CC[C@@]1(O)C[C@H](O[C@H]2C[C@H](N(C)C)[C@@H](O)[C@H](C)O2)c2cc3c(c(O)c2[C@H]1O[C@H]1C[C@@H](N(C)C)[C@H](O)[C@@H](C)O1)C(=O)c1c(O)ccc(O)c1C3=O. The van der Waals surface area contributed by atoms with Gasteiger partial charge >= 0.3 is 0 Å². The molecule has 6 rings (SSSR count).